The van der Waals surface area contributed by atoms with Crippen LogP contribution in [0, 0.1) is 0 Å². The van der Waals surface area contributed by atoms with Gasteiger partial charge in [0.05, 0.1) is 18.9 Å². The molecular formula is C19H19N3O2. The van der Waals surface area contributed by atoms with Crippen molar-refractivity contribution >= 4 is 5.91 Å². The predicted octanol–water partition coefficient (Wildman–Crippen LogP) is 3.08. The Bertz CT molecular complexity index is 785. The van der Waals surface area contributed by atoms with Crippen LogP contribution in [0.1, 0.15) is 35.7 Å². The van der Waals surface area contributed by atoms with Crippen molar-refractivity contribution in [2.75, 3.05) is 0 Å². The van der Waals surface area contributed by atoms with Crippen LogP contribution in [-0.4, -0.2) is 16.0 Å². The number of aromatic nitrogens is 2. The van der Waals surface area contributed by atoms with Crippen LogP contribution < -0.4 is 5.32 Å². The molecule has 0 fully saturated rings. The number of carbonyl (C=O) groups is 1. The maximum absolute atomic E-state index is 12.2. The number of nitrogens with zero attached hydrogens (tertiary/aromatic N) is 2. The van der Waals surface area contributed by atoms with E-state index in [1.165, 1.54) is 0 Å². The van der Waals surface area contributed by atoms with E-state index in [4.69, 9.17) is 4.52 Å². The molecule has 0 unspecified atom stereocenters. The van der Waals surface area contributed by atoms with E-state index in [0.29, 0.717) is 18.1 Å². The summed E-state index contributed by atoms with van der Waals surface area (Å²) in [6.45, 7) is 2.13. The van der Waals surface area contributed by atoms with E-state index in [1.807, 2.05) is 67.6 Å². The average Bonchev–Trinajstić information content (AvgIpc) is 3.08. The van der Waals surface area contributed by atoms with Crippen LogP contribution in [-0.2, 0) is 17.8 Å². The van der Waals surface area contributed by atoms with Crippen LogP contribution in [0.25, 0.3) is 0 Å². The molecule has 1 N–H and O–H groups in total. The van der Waals surface area contributed by atoms with Crippen LogP contribution in [0.2, 0.25) is 0 Å². The van der Waals surface area contributed by atoms with Crippen LogP contribution in [0.5, 0.6) is 0 Å². The molecule has 1 aromatic heterocycles. The maximum atomic E-state index is 12.2. The first-order chi connectivity index (χ1) is 11.7. The Morgan fingerprint density at radius 3 is 2.46 bits per heavy atom. The molecule has 24 heavy (non-hydrogen) atoms. The molecule has 0 bridgehead atoms. The highest BCUT2D eigenvalue weighted by Gasteiger charge is 2.15. The van der Waals surface area contributed by atoms with Crippen molar-refractivity contribution in [3.8, 4) is 0 Å². The van der Waals surface area contributed by atoms with Crippen molar-refractivity contribution < 1.29 is 9.32 Å². The molecule has 1 atom stereocenters. The quantitative estimate of drug-likeness (QED) is 0.757. The van der Waals surface area contributed by atoms with Crippen molar-refractivity contribution in [2.45, 2.75) is 25.8 Å². The summed E-state index contributed by atoms with van der Waals surface area (Å²) in [6, 6.07) is 19.6. The van der Waals surface area contributed by atoms with Gasteiger partial charge in [-0.3, -0.25) is 4.79 Å². The van der Waals surface area contributed by atoms with E-state index in [9.17, 15) is 4.79 Å². The van der Waals surface area contributed by atoms with Gasteiger partial charge < -0.3 is 9.84 Å². The van der Waals surface area contributed by atoms with Gasteiger partial charge in [-0.05, 0) is 18.1 Å². The monoisotopic (exact) mass is 321 g/mol. The SMILES string of the molecule is C[C@@H](C(=O)NCc1noc(Cc2ccccc2)n1)c1ccccc1. The zero-order chi connectivity index (χ0) is 16.8. The van der Waals surface area contributed by atoms with Gasteiger partial charge in [0.25, 0.3) is 0 Å². The summed E-state index contributed by atoms with van der Waals surface area (Å²) in [7, 11) is 0. The van der Waals surface area contributed by atoms with E-state index < -0.39 is 0 Å². The Morgan fingerprint density at radius 2 is 1.75 bits per heavy atom. The lowest BCUT2D eigenvalue weighted by Crippen LogP contribution is -2.27. The summed E-state index contributed by atoms with van der Waals surface area (Å²) < 4.78 is 5.23. The smallest absolute Gasteiger partial charge is 0.231 e. The lowest BCUT2D eigenvalue weighted by atomic mass is 10.0. The number of hydrogen-bond donors (Lipinski definition) is 1. The van der Waals surface area contributed by atoms with Gasteiger partial charge >= 0.3 is 0 Å². The maximum Gasteiger partial charge on any atom is 0.231 e. The number of carbonyl (C=O) groups excluding carboxylic acids is 1. The Kier molecular flexibility index (Phi) is 5.01. The van der Waals surface area contributed by atoms with E-state index in [1.54, 1.807) is 0 Å². The summed E-state index contributed by atoms with van der Waals surface area (Å²) in [5.41, 5.74) is 2.09. The van der Waals surface area contributed by atoms with Gasteiger partial charge in [0.1, 0.15) is 0 Å². The molecule has 5 nitrogen and oxygen atoms in total. The van der Waals surface area contributed by atoms with Crippen LogP contribution in [0.4, 0.5) is 0 Å². The molecule has 0 radical (unpaired) electrons. The molecule has 0 saturated heterocycles. The third kappa shape index (κ3) is 4.07. The molecular weight excluding hydrogens is 302 g/mol. The highest BCUT2D eigenvalue weighted by atomic mass is 16.5. The van der Waals surface area contributed by atoms with Gasteiger partial charge in [0.2, 0.25) is 11.8 Å². The number of benzene rings is 2. The molecule has 1 amide bonds. The Hall–Kier alpha value is -2.95. The summed E-state index contributed by atoms with van der Waals surface area (Å²) in [5, 5.41) is 6.77. The molecule has 1 heterocycles. The number of amides is 1. The first-order valence-corrected chi connectivity index (χ1v) is 7.90. The van der Waals surface area contributed by atoms with E-state index >= 15 is 0 Å². The van der Waals surface area contributed by atoms with E-state index in [2.05, 4.69) is 15.5 Å². The van der Waals surface area contributed by atoms with Crippen molar-refractivity contribution in [3.63, 3.8) is 0 Å². The van der Waals surface area contributed by atoms with Crippen molar-refractivity contribution in [1.29, 1.82) is 0 Å². The van der Waals surface area contributed by atoms with Crippen molar-refractivity contribution in [2.24, 2.45) is 0 Å². The minimum absolute atomic E-state index is 0.0596. The zero-order valence-corrected chi connectivity index (χ0v) is 13.5. The molecule has 0 saturated carbocycles. The first kappa shape index (κ1) is 15.9. The molecule has 0 aliphatic carbocycles. The Balaban J connectivity index is 1.54. The molecule has 3 rings (SSSR count). The van der Waals surface area contributed by atoms with Gasteiger partial charge in [-0.1, -0.05) is 65.8 Å². The van der Waals surface area contributed by atoms with E-state index in [-0.39, 0.29) is 18.4 Å². The molecule has 0 aliphatic rings. The summed E-state index contributed by atoms with van der Waals surface area (Å²) in [6.07, 6.45) is 0.586. The highest BCUT2D eigenvalue weighted by molar-refractivity contribution is 5.83. The first-order valence-electron chi connectivity index (χ1n) is 7.90. The number of hydrogen-bond acceptors (Lipinski definition) is 4. The largest absolute Gasteiger partial charge is 0.348 e. The van der Waals surface area contributed by atoms with Crippen molar-refractivity contribution in [1.82, 2.24) is 15.5 Å². The summed E-state index contributed by atoms with van der Waals surface area (Å²) >= 11 is 0. The second-order valence-electron chi connectivity index (χ2n) is 5.62. The lowest BCUT2D eigenvalue weighted by molar-refractivity contribution is -0.122. The molecule has 2 aromatic carbocycles. The predicted molar refractivity (Wildman–Crippen MR) is 90.2 cm³/mol. The fourth-order valence-corrected chi connectivity index (χ4v) is 2.42. The van der Waals surface area contributed by atoms with Crippen LogP contribution in [0.15, 0.2) is 65.2 Å². The van der Waals surface area contributed by atoms with Gasteiger partial charge in [0.15, 0.2) is 5.82 Å². The molecule has 122 valence electrons. The zero-order valence-electron chi connectivity index (χ0n) is 13.5. The van der Waals surface area contributed by atoms with Crippen molar-refractivity contribution in [3.05, 3.63) is 83.5 Å². The summed E-state index contributed by atoms with van der Waals surface area (Å²) in [4.78, 5) is 16.5. The van der Waals surface area contributed by atoms with Crippen LogP contribution >= 0.6 is 0 Å². The van der Waals surface area contributed by atoms with Gasteiger partial charge in [-0.2, -0.15) is 4.98 Å². The fraction of sp³-hybridized carbons (Fsp3) is 0.211. The average molecular weight is 321 g/mol. The minimum atomic E-state index is -0.220. The third-order valence-corrected chi connectivity index (χ3v) is 3.82. The summed E-state index contributed by atoms with van der Waals surface area (Å²) in [5.74, 6) is 0.744. The minimum Gasteiger partial charge on any atom is -0.348 e. The molecule has 3 aromatic rings. The highest BCUT2D eigenvalue weighted by Crippen LogP contribution is 2.14. The standard InChI is InChI=1S/C19H19N3O2/c1-14(16-10-6-3-7-11-16)19(23)20-13-17-21-18(24-22-17)12-15-8-4-2-5-9-15/h2-11,14H,12-13H2,1H3,(H,20,23)/t14-/m1/s1. The van der Waals surface area contributed by atoms with Gasteiger partial charge in [-0.15, -0.1) is 0 Å². The third-order valence-electron chi connectivity index (χ3n) is 3.82. The molecule has 0 spiro atoms. The van der Waals surface area contributed by atoms with Gasteiger partial charge in [-0.25, -0.2) is 0 Å². The molecule has 0 aliphatic heterocycles. The topological polar surface area (TPSA) is 68.0 Å². The second-order valence-corrected chi connectivity index (χ2v) is 5.62. The Morgan fingerprint density at radius 1 is 1.08 bits per heavy atom. The van der Waals surface area contributed by atoms with Crippen LogP contribution in [0.3, 0.4) is 0 Å². The fourth-order valence-electron chi connectivity index (χ4n) is 2.42. The number of rotatable bonds is 6. The Labute approximate surface area is 140 Å². The lowest BCUT2D eigenvalue weighted by Gasteiger charge is -2.11. The second kappa shape index (κ2) is 7.55. The molecule has 5 heteroatoms. The van der Waals surface area contributed by atoms with E-state index in [0.717, 1.165) is 11.1 Å². The number of nitrogens with one attached hydrogen (secondary N) is 1. The normalized spacial score (nSPS) is 11.9. The van der Waals surface area contributed by atoms with Gasteiger partial charge in [0, 0.05) is 0 Å².